The summed E-state index contributed by atoms with van der Waals surface area (Å²) in [7, 11) is 0. The highest BCUT2D eigenvalue weighted by atomic mass is 32.1. The summed E-state index contributed by atoms with van der Waals surface area (Å²) in [6, 6.07) is 10.3. The molecule has 20 heavy (non-hydrogen) atoms. The first-order valence-electron chi connectivity index (χ1n) is 7.08. The molecule has 1 aliphatic heterocycles. The number of rotatable bonds is 4. The quantitative estimate of drug-likeness (QED) is 0.935. The van der Waals surface area contributed by atoms with E-state index < -0.39 is 0 Å². The van der Waals surface area contributed by atoms with Gasteiger partial charge in [-0.3, -0.25) is 0 Å². The summed E-state index contributed by atoms with van der Waals surface area (Å²) in [6.07, 6.45) is 2.31. The van der Waals surface area contributed by atoms with Crippen molar-refractivity contribution < 1.29 is 4.74 Å². The number of aromatic nitrogens is 1. The van der Waals surface area contributed by atoms with Crippen molar-refractivity contribution in [1.82, 2.24) is 10.3 Å². The highest BCUT2D eigenvalue weighted by Gasteiger charge is 2.26. The molecule has 0 saturated carbocycles. The van der Waals surface area contributed by atoms with Crippen LogP contribution < -0.4 is 5.32 Å². The maximum atomic E-state index is 5.57. The standard InChI is InChI=1S/C16H20N2OS/c1-16(8-5-9-19-12-16)17-10-15-18-14(11-20-15)13-6-3-2-4-7-13/h2-4,6-7,11,17H,5,8-10,12H2,1H3. The van der Waals surface area contributed by atoms with Crippen LogP contribution in [0.2, 0.25) is 0 Å². The summed E-state index contributed by atoms with van der Waals surface area (Å²) in [5, 5.41) is 6.87. The summed E-state index contributed by atoms with van der Waals surface area (Å²) in [4.78, 5) is 4.71. The van der Waals surface area contributed by atoms with Gasteiger partial charge in [-0.1, -0.05) is 30.3 Å². The van der Waals surface area contributed by atoms with Crippen molar-refractivity contribution in [3.05, 3.63) is 40.7 Å². The molecule has 1 unspecified atom stereocenters. The molecule has 0 bridgehead atoms. The van der Waals surface area contributed by atoms with Gasteiger partial charge in [-0.2, -0.15) is 0 Å². The van der Waals surface area contributed by atoms with Crippen LogP contribution in [0.25, 0.3) is 11.3 Å². The monoisotopic (exact) mass is 288 g/mol. The predicted octanol–water partition coefficient (Wildman–Crippen LogP) is 3.47. The van der Waals surface area contributed by atoms with Gasteiger partial charge in [0.1, 0.15) is 5.01 Å². The Morgan fingerprint density at radius 3 is 2.95 bits per heavy atom. The lowest BCUT2D eigenvalue weighted by molar-refractivity contribution is 0.0278. The maximum absolute atomic E-state index is 5.57. The molecule has 1 N–H and O–H groups in total. The third-order valence-electron chi connectivity index (χ3n) is 3.73. The molecule has 1 saturated heterocycles. The van der Waals surface area contributed by atoms with Crippen LogP contribution in [0.1, 0.15) is 24.8 Å². The number of benzene rings is 1. The molecular formula is C16H20N2OS. The number of nitrogens with one attached hydrogen (secondary N) is 1. The van der Waals surface area contributed by atoms with Crippen LogP contribution in [-0.2, 0) is 11.3 Å². The number of hydrogen-bond acceptors (Lipinski definition) is 4. The fourth-order valence-electron chi connectivity index (χ4n) is 2.50. The van der Waals surface area contributed by atoms with Crippen molar-refractivity contribution >= 4 is 11.3 Å². The Morgan fingerprint density at radius 1 is 1.35 bits per heavy atom. The first-order chi connectivity index (χ1) is 9.75. The van der Waals surface area contributed by atoms with Crippen LogP contribution >= 0.6 is 11.3 Å². The minimum atomic E-state index is 0.0941. The van der Waals surface area contributed by atoms with Gasteiger partial charge >= 0.3 is 0 Å². The van der Waals surface area contributed by atoms with Crippen LogP contribution in [0, 0.1) is 0 Å². The van der Waals surface area contributed by atoms with Gasteiger partial charge in [0, 0.05) is 29.6 Å². The van der Waals surface area contributed by atoms with Crippen LogP contribution in [0.3, 0.4) is 0 Å². The lowest BCUT2D eigenvalue weighted by Gasteiger charge is -2.34. The van der Waals surface area contributed by atoms with Gasteiger partial charge in [-0.05, 0) is 19.8 Å². The lowest BCUT2D eigenvalue weighted by Crippen LogP contribution is -2.48. The van der Waals surface area contributed by atoms with Crippen LogP contribution in [0.5, 0.6) is 0 Å². The second kappa shape index (κ2) is 6.04. The van der Waals surface area contributed by atoms with Crippen molar-refractivity contribution in [3.63, 3.8) is 0 Å². The molecule has 1 fully saturated rings. The average Bonchev–Trinajstić information content (AvgIpc) is 2.96. The van der Waals surface area contributed by atoms with Gasteiger partial charge < -0.3 is 10.1 Å². The summed E-state index contributed by atoms with van der Waals surface area (Å²) < 4.78 is 5.57. The van der Waals surface area contributed by atoms with Crippen LogP contribution in [-0.4, -0.2) is 23.7 Å². The van der Waals surface area contributed by atoms with Crippen molar-refractivity contribution in [3.8, 4) is 11.3 Å². The summed E-state index contributed by atoms with van der Waals surface area (Å²) >= 11 is 1.72. The molecule has 2 heterocycles. The first-order valence-corrected chi connectivity index (χ1v) is 7.96. The van der Waals surface area contributed by atoms with Crippen LogP contribution in [0.4, 0.5) is 0 Å². The molecule has 1 aliphatic rings. The highest BCUT2D eigenvalue weighted by molar-refractivity contribution is 7.09. The zero-order chi connectivity index (χ0) is 13.8. The molecule has 4 heteroatoms. The van der Waals surface area contributed by atoms with Crippen LogP contribution in [0.15, 0.2) is 35.7 Å². The predicted molar refractivity (Wildman–Crippen MR) is 82.8 cm³/mol. The van der Waals surface area contributed by atoms with Gasteiger partial charge in [-0.15, -0.1) is 11.3 Å². The third-order valence-corrected chi connectivity index (χ3v) is 4.57. The zero-order valence-corrected chi connectivity index (χ0v) is 12.6. The van der Waals surface area contributed by atoms with Gasteiger partial charge in [0.25, 0.3) is 0 Å². The Morgan fingerprint density at radius 2 is 2.20 bits per heavy atom. The third kappa shape index (κ3) is 3.26. The average molecular weight is 288 g/mol. The summed E-state index contributed by atoms with van der Waals surface area (Å²) in [5.74, 6) is 0. The van der Waals surface area contributed by atoms with E-state index in [0.717, 1.165) is 36.9 Å². The van der Waals surface area contributed by atoms with Crippen molar-refractivity contribution in [2.45, 2.75) is 31.8 Å². The normalized spacial score (nSPS) is 22.9. The molecular weight excluding hydrogens is 268 g/mol. The first kappa shape index (κ1) is 13.7. The Hall–Kier alpha value is -1.23. The second-order valence-electron chi connectivity index (χ2n) is 5.56. The van der Waals surface area contributed by atoms with E-state index in [0.29, 0.717) is 0 Å². The highest BCUT2D eigenvalue weighted by Crippen LogP contribution is 2.23. The van der Waals surface area contributed by atoms with Crippen molar-refractivity contribution in [2.24, 2.45) is 0 Å². The van der Waals surface area contributed by atoms with E-state index in [1.165, 1.54) is 12.0 Å². The van der Waals surface area contributed by atoms with Crippen molar-refractivity contribution in [1.29, 1.82) is 0 Å². The maximum Gasteiger partial charge on any atom is 0.107 e. The number of nitrogens with zero attached hydrogens (tertiary/aromatic N) is 1. The molecule has 1 atom stereocenters. The molecule has 3 rings (SSSR count). The smallest absolute Gasteiger partial charge is 0.107 e. The molecule has 0 radical (unpaired) electrons. The minimum absolute atomic E-state index is 0.0941. The Kier molecular flexibility index (Phi) is 4.15. The molecule has 0 aliphatic carbocycles. The molecule has 0 amide bonds. The Labute approximate surface area is 124 Å². The van der Waals surface area contributed by atoms with Gasteiger partial charge in [-0.25, -0.2) is 4.98 Å². The minimum Gasteiger partial charge on any atom is -0.380 e. The summed E-state index contributed by atoms with van der Waals surface area (Å²) in [5.41, 5.74) is 2.34. The molecule has 1 aromatic heterocycles. The summed E-state index contributed by atoms with van der Waals surface area (Å²) in [6.45, 7) is 4.74. The van der Waals surface area contributed by atoms with E-state index in [2.05, 4.69) is 29.8 Å². The topological polar surface area (TPSA) is 34.2 Å². The number of hydrogen-bond donors (Lipinski definition) is 1. The van der Waals surface area contributed by atoms with E-state index in [1.54, 1.807) is 11.3 Å². The Bertz CT molecular complexity index is 547. The molecule has 3 nitrogen and oxygen atoms in total. The van der Waals surface area contributed by atoms with E-state index in [-0.39, 0.29) is 5.54 Å². The van der Waals surface area contributed by atoms with E-state index >= 15 is 0 Å². The molecule has 106 valence electrons. The lowest BCUT2D eigenvalue weighted by atomic mass is 9.95. The fourth-order valence-corrected chi connectivity index (χ4v) is 3.24. The van der Waals surface area contributed by atoms with Gasteiger partial charge in [0.05, 0.1) is 12.3 Å². The van der Waals surface area contributed by atoms with E-state index in [4.69, 9.17) is 9.72 Å². The van der Waals surface area contributed by atoms with Gasteiger partial charge in [0.2, 0.25) is 0 Å². The van der Waals surface area contributed by atoms with E-state index in [1.807, 2.05) is 18.2 Å². The molecule has 2 aromatic rings. The second-order valence-corrected chi connectivity index (χ2v) is 6.51. The molecule has 0 spiro atoms. The van der Waals surface area contributed by atoms with Gasteiger partial charge in [0.15, 0.2) is 0 Å². The van der Waals surface area contributed by atoms with Crippen molar-refractivity contribution in [2.75, 3.05) is 13.2 Å². The number of thiazole rings is 1. The Balaban J connectivity index is 1.63. The number of ether oxygens (including phenoxy) is 1. The zero-order valence-electron chi connectivity index (χ0n) is 11.8. The fraction of sp³-hybridized carbons (Fsp3) is 0.438. The largest absolute Gasteiger partial charge is 0.380 e. The van der Waals surface area contributed by atoms with E-state index in [9.17, 15) is 0 Å². The molecule has 1 aromatic carbocycles. The SMILES string of the molecule is CC1(NCc2nc(-c3ccccc3)cs2)CCCOC1.